The lowest BCUT2D eigenvalue weighted by Crippen LogP contribution is -2.08. The maximum Gasteiger partial charge on any atom is 0.00514 e. The van der Waals surface area contributed by atoms with Gasteiger partial charge < -0.3 is 0 Å². The molecule has 1 aromatic rings. The molecule has 3 rings (SSSR count). The molecule has 0 aromatic heterocycles. The summed E-state index contributed by atoms with van der Waals surface area (Å²) in [5.41, 5.74) is 4.05. The first-order chi connectivity index (χ1) is 7.43. The standard InChI is InChI=1S/C14H15P/c1-3-7-13-11(5-1)9-10-12-6-2-4-8-14(12)15-13/h1-7,14-15H,8-10H2. The number of rotatable bonds is 0. The van der Waals surface area contributed by atoms with Crippen molar-refractivity contribution >= 4 is 13.9 Å². The van der Waals surface area contributed by atoms with Gasteiger partial charge in [-0.15, -0.1) is 0 Å². The molecule has 1 heteroatoms. The highest BCUT2D eigenvalue weighted by atomic mass is 31.1. The van der Waals surface area contributed by atoms with Crippen molar-refractivity contribution in [3.05, 3.63) is 53.6 Å². The third-order valence-corrected chi connectivity index (χ3v) is 5.05. The minimum absolute atomic E-state index is 0.804. The maximum absolute atomic E-state index is 2.34. The van der Waals surface area contributed by atoms with Gasteiger partial charge in [-0.25, -0.2) is 0 Å². The van der Waals surface area contributed by atoms with Crippen molar-refractivity contribution in [1.82, 2.24) is 0 Å². The fourth-order valence-corrected chi connectivity index (χ4v) is 4.07. The second-order valence-corrected chi connectivity index (χ2v) is 5.78. The number of allylic oxidation sites excluding steroid dienone is 4. The molecule has 1 aromatic carbocycles. The number of aryl methyl sites for hydroxylation is 1. The van der Waals surface area contributed by atoms with E-state index in [2.05, 4.69) is 42.5 Å². The van der Waals surface area contributed by atoms with Crippen LogP contribution in [0, 0.1) is 0 Å². The highest BCUT2D eigenvalue weighted by Crippen LogP contribution is 2.36. The van der Waals surface area contributed by atoms with Crippen LogP contribution in [0.5, 0.6) is 0 Å². The van der Waals surface area contributed by atoms with E-state index < -0.39 is 0 Å². The molecular formula is C14H15P. The summed E-state index contributed by atoms with van der Waals surface area (Å²) in [4.78, 5) is 0. The maximum atomic E-state index is 2.34. The Kier molecular flexibility index (Phi) is 2.46. The van der Waals surface area contributed by atoms with Gasteiger partial charge in [0.15, 0.2) is 0 Å². The molecule has 76 valence electrons. The van der Waals surface area contributed by atoms with E-state index in [0.717, 1.165) is 14.2 Å². The Balaban J connectivity index is 1.97. The van der Waals surface area contributed by atoms with E-state index in [1.54, 1.807) is 16.4 Å². The van der Waals surface area contributed by atoms with Crippen LogP contribution in [-0.4, -0.2) is 5.66 Å². The summed E-state index contributed by atoms with van der Waals surface area (Å²) < 4.78 is 0. The van der Waals surface area contributed by atoms with E-state index in [9.17, 15) is 0 Å². The highest BCUT2D eigenvalue weighted by Gasteiger charge is 2.20. The van der Waals surface area contributed by atoms with Crippen LogP contribution < -0.4 is 5.30 Å². The Morgan fingerprint density at radius 3 is 3.07 bits per heavy atom. The van der Waals surface area contributed by atoms with E-state index in [4.69, 9.17) is 0 Å². The third-order valence-electron chi connectivity index (χ3n) is 3.30. The molecule has 2 aliphatic rings. The van der Waals surface area contributed by atoms with Gasteiger partial charge in [-0.05, 0) is 30.1 Å². The largest absolute Gasteiger partial charge is 0.0836 e. The van der Waals surface area contributed by atoms with Crippen molar-refractivity contribution in [2.45, 2.75) is 24.9 Å². The van der Waals surface area contributed by atoms with E-state index in [-0.39, 0.29) is 0 Å². The minimum Gasteiger partial charge on any atom is -0.0836 e. The normalized spacial score (nSPS) is 25.3. The monoisotopic (exact) mass is 214 g/mol. The summed E-state index contributed by atoms with van der Waals surface area (Å²) in [5.74, 6) is 0. The molecule has 1 aliphatic carbocycles. The van der Waals surface area contributed by atoms with Gasteiger partial charge in [0.2, 0.25) is 0 Å². The van der Waals surface area contributed by atoms with Gasteiger partial charge in [0.25, 0.3) is 0 Å². The number of hydrogen-bond acceptors (Lipinski definition) is 0. The highest BCUT2D eigenvalue weighted by molar-refractivity contribution is 7.48. The van der Waals surface area contributed by atoms with Gasteiger partial charge in [-0.3, -0.25) is 0 Å². The average molecular weight is 214 g/mol. The van der Waals surface area contributed by atoms with Gasteiger partial charge in [-0.1, -0.05) is 56.6 Å². The molecule has 0 fully saturated rings. The Labute approximate surface area is 92.9 Å². The first-order valence-corrected chi connectivity index (χ1v) is 6.71. The molecule has 0 bridgehead atoms. The Bertz CT molecular complexity index is 429. The van der Waals surface area contributed by atoms with Crippen LogP contribution in [0.2, 0.25) is 0 Å². The fraction of sp³-hybridized carbons (Fsp3) is 0.286. The second-order valence-electron chi connectivity index (χ2n) is 4.26. The van der Waals surface area contributed by atoms with Gasteiger partial charge in [-0.2, -0.15) is 0 Å². The molecule has 2 atom stereocenters. The predicted octanol–water partition coefficient (Wildman–Crippen LogP) is 3.19. The lowest BCUT2D eigenvalue weighted by Gasteiger charge is -2.18. The SMILES string of the molecule is C1=CCC2Pc3ccccc3CCC2=C1. The quantitative estimate of drug-likeness (QED) is 0.582. The third kappa shape index (κ3) is 1.79. The van der Waals surface area contributed by atoms with Crippen molar-refractivity contribution in [3.63, 3.8) is 0 Å². The van der Waals surface area contributed by atoms with Crippen molar-refractivity contribution in [3.8, 4) is 0 Å². The van der Waals surface area contributed by atoms with Gasteiger partial charge in [0.05, 0.1) is 0 Å². The molecule has 1 aliphatic heterocycles. The Morgan fingerprint density at radius 1 is 1.13 bits per heavy atom. The van der Waals surface area contributed by atoms with Crippen molar-refractivity contribution in [2.24, 2.45) is 0 Å². The predicted molar refractivity (Wildman–Crippen MR) is 68.3 cm³/mol. The average Bonchev–Trinajstić information content (AvgIpc) is 2.48. The van der Waals surface area contributed by atoms with Crippen molar-refractivity contribution in [2.75, 3.05) is 0 Å². The molecule has 0 nitrogen and oxygen atoms in total. The van der Waals surface area contributed by atoms with Crippen LogP contribution in [0.15, 0.2) is 48.1 Å². The van der Waals surface area contributed by atoms with E-state index >= 15 is 0 Å². The summed E-state index contributed by atoms with van der Waals surface area (Å²) in [5, 5.41) is 1.60. The second kappa shape index (κ2) is 3.94. The van der Waals surface area contributed by atoms with Crippen LogP contribution in [0.3, 0.4) is 0 Å². The summed E-state index contributed by atoms with van der Waals surface area (Å²) in [6.45, 7) is 0. The van der Waals surface area contributed by atoms with Crippen molar-refractivity contribution < 1.29 is 0 Å². The van der Waals surface area contributed by atoms with E-state index in [1.165, 1.54) is 19.3 Å². The summed E-state index contributed by atoms with van der Waals surface area (Å²) in [6.07, 6.45) is 10.6. The molecular weight excluding hydrogens is 199 g/mol. The molecule has 0 saturated carbocycles. The molecule has 0 saturated heterocycles. The summed E-state index contributed by atoms with van der Waals surface area (Å²) in [6, 6.07) is 8.97. The van der Waals surface area contributed by atoms with Gasteiger partial charge in [0.1, 0.15) is 0 Å². The first kappa shape index (κ1) is 9.36. The lowest BCUT2D eigenvalue weighted by atomic mass is 9.98. The molecule has 0 amide bonds. The summed E-state index contributed by atoms with van der Waals surface area (Å²) in [7, 11) is 0.976. The van der Waals surface area contributed by atoms with E-state index in [0.29, 0.717) is 0 Å². The van der Waals surface area contributed by atoms with Crippen LogP contribution in [0.25, 0.3) is 0 Å². The first-order valence-electron chi connectivity index (χ1n) is 5.63. The smallest absolute Gasteiger partial charge is 0.00514 e. The van der Waals surface area contributed by atoms with Crippen LogP contribution in [-0.2, 0) is 6.42 Å². The summed E-state index contributed by atoms with van der Waals surface area (Å²) >= 11 is 0. The van der Waals surface area contributed by atoms with Gasteiger partial charge >= 0.3 is 0 Å². The van der Waals surface area contributed by atoms with Crippen LogP contribution in [0.1, 0.15) is 18.4 Å². The topological polar surface area (TPSA) is 0 Å². The van der Waals surface area contributed by atoms with Crippen LogP contribution in [0.4, 0.5) is 0 Å². The fourth-order valence-electron chi connectivity index (χ4n) is 2.43. The molecule has 0 spiro atoms. The Morgan fingerprint density at radius 2 is 2.07 bits per heavy atom. The van der Waals surface area contributed by atoms with Crippen molar-refractivity contribution in [1.29, 1.82) is 0 Å². The minimum atomic E-state index is 0.804. The zero-order chi connectivity index (χ0) is 10.1. The number of benzene rings is 1. The molecule has 15 heavy (non-hydrogen) atoms. The molecule has 0 radical (unpaired) electrons. The lowest BCUT2D eigenvalue weighted by molar-refractivity contribution is 0.861. The Hall–Kier alpha value is -0.870. The zero-order valence-electron chi connectivity index (χ0n) is 8.74. The molecule has 2 unspecified atom stereocenters. The molecule has 1 heterocycles. The number of hydrogen-bond donors (Lipinski definition) is 0. The van der Waals surface area contributed by atoms with E-state index in [1.807, 2.05) is 0 Å². The van der Waals surface area contributed by atoms with Gasteiger partial charge in [0, 0.05) is 5.66 Å². The zero-order valence-corrected chi connectivity index (χ0v) is 9.74. The van der Waals surface area contributed by atoms with Crippen LogP contribution >= 0.6 is 8.58 Å². The molecule has 0 N–H and O–H groups in total. The number of fused-ring (bicyclic) bond motifs is 2.